The molecule has 0 aromatic carbocycles. The van der Waals surface area contributed by atoms with Crippen LogP contribution in [0.1, 0.15) is 91.9 Å². The number of ether oxygens (including phenoxy) is 8. The SMILES string of the molecule is CC(=O)OCOC(=O)c1c2nc(c(C(=O)OCOC(C)=O)c3ccc([nH]3)c(C(=O)OCOC(C)=O)c3ccc([nH]3)c(C(=O)OCOC(C)=O)c3nc1C=C3)C=C2. The standard InChI is InChI=1S/C36H30N4O16/c1-17(41)49-13-53-33(45)29-21-5-7-23(37-21)30(34(46)54-14-50-18(2)42)25-9-11-27(39-25)32(36(48)56-16-52-20(4)44)28-12-10-26(40-28)31(24-8-6-22(29)38-24)35(47)55-15-51-19(3)43/h5-12,37-38H,13-16H2,1-4H3. The second kappa shape index (κ2) is 17.5. The van der Waals surface area contributed by atoms with E-state index in [0.29, 0.717) is 0 Å². The molecule has 0 radical (unpaired) electrons. The summed E-state index contributed by atoms with van der Waals surface area (Å²) in [7, 11) is 0. The molecule has 56 heavy (non-hydrogen) atoms. The van der Waals surface area contributed by atoms with Crippen LogP contribution in [0.25, 0.3) is 46.4 Å². The van der Waals surface area contributed by atoms with Gasteiger partial charge in [-0.25, -0.2) is 29.1 Å². The highest BCUT2D eigenvalue weighted by Gasteiger charge is 2.26. The third kappa shape index (κ3) is 9.47. The van der Waals surface area contributed by atoms with Crippen LogP contribution in [0, 0.1) is 0 Å². The van der Waals surface area contributed by atoms with Crippen molar-refractivity contribution in [2.24, 2.45) is 0 Å². The predicted molar refractivity (Wildman–Crippen MR) is 187 cm³/mol. The summed E-state index contributed by atoms with van der Waals surface area (Å²) in [5.41, 5.74) is -1.33. The summed E-state index contributed by atoms with van der Waals surface area (Å²) in [6.45, 7) is 1.33. The first-order valence-corrected chi connectivity index (χ1v) is 16.1. The third-order valence-corrected chi connectivity index (χ3v) is 7.38. The highest BCUT2D eigenvalue weighted by atomic mass is 16.7. The number of carbonyl (C=O) groups excluding carboxylic acids is 8. The van der Waals surface area contributed by atoms with Gasteiger partial charge in [-0.1, -0.05) is 0 Å². The van der Waals surface area contributed by atoms with Crippen LogP contribution >= 0.6 is 0 Å². The second-order valence-corrected chi connectivity index (χ2v) is 11.2. The number of H-pyrrole nitrogens is 2. The topological polar surface area (TPSA) is 268 Å². The molecule has 5 heterocycles. The molecular weight excluding hydrogens is 744 g/mol. The maximum Gasteiger partial charge on any atom is 0.345 e. The monoisotopic (exact) mass is 774 g/mol. The maximum atomic E-state index is 13.6. The molecule has 0 aliphatic carbocycles. The molecule has 2 N–H and O–H groups in total. The van der Waals surface area contributed by atoms with Crippen LogP contribution in [0.4, 0.5) is 0 Å². The van der Waals surface area contributed by atoms with E-state index in [9.17, 15) is 38.4 Å². The molecule has 5 rings (SSSR count). The lowest BCUT2D eigenvalue weighted by atomic mass is 10.1. The van der Waals surface area contributed by atoms with Crippen LogP contribution in [0.3, 0.4) is 0 Å². The minimum atomic E-state index is -1.07. The van der Waals surface area contributed by atoms with Crippen molar-refractivity contribution in [2.75, 3.05) is 27.2 Å². The van der Waals surface area contributed by atoms with Crippen molar-refractivity contribution >= 4 is 94.1 Å². The summed E-state index contributed by atoms with van der Waals surface area (Å²) in [5, 5.41) is 0. The highest BCUT2D eigenvalue weighted by molar-refractivity contribution is 6.08. The smallest absolute Gasteiger partial charge is 0.345 e. The lowest BCUT2D eigenvalue weighted by Gasteiger charge is -2.07. The Bertz CT molecular complexity index is 2260. The molecule has 2 aliphatic heterocycles. The number of hydrogen-bond acceptors (Lipinski definition) is 18. The van der Waals surface area contributed by atoms with Crippen LogP contribution < -0.4 is 0 Å². The van der Waals surface area contributed by atoms with Gasteiger partial charge < -0.3 is 47.9 Å². The quantitative estimate of drug-likeness (QED) is 0.104. The van der Waals surface area contributed by atoms with Crippen LogP contribution in [-0.4, -0.2) is 94.9 Å². The Balaban J connectivity index is 1.86. The van der Waals surface area contributed by atoms with E-state index in [0.717, 1.165) is 27.7 Å². The van der Waals surface area contributed by atoms with E-state index in [1.807, 2.05) is 0 Å². The molecule has 0 spiro atoms. The largest absolute Gasteiger partial charge is 0.428 e. The van der Waals surface area contributed by atoms with Crippen LogP contribution in [-0.2, 0) is 57.1 Å². The average Bonchev–Trinajstić information content (AvgIpc) is 3.95. The van der Waals surface area contributed by atoms with Gasteiger partial charge in [-0.3, -0.25) is 19.2 Å². The van der Waals surface area contributed by atoms with Crippen molar-refractivity contribution in [3.8, 4) is 0 Å². The van der Waals surface area contributed by atoms with Crippen molar-refractivity contribution in [2.45, 2.75) is 27.7 Å². The van der Waals surface area contributed by atoms with Gasteiger partial charge in [0.2, 0.25) is 27.2 Å². The van der Waals surface area contributed by atoms with E-state index >= 15 is 0 Å². The maximum absolute atomic E-state index is 13.6. The van der Waals surface area contributed by atoms with Gasteiger partial charge in [-0.05, 0) is 48.6 Å². The minimum absolute atomic E-state index is 0.00985. The number of nitrogens with one attached hydrogen (secondary N) is 2. The first-order chi connectivity index (χ1) is 26.7. The molecular formula is C36H30N4O16. The van der Waals surface area contributed by atoms with Gasteiger partial charge in [-0.2, -0.15) is 0 Å². The van der Waals surface area contributed by atoms with Crippen molar-refractivity contribution < 1.29 is 76.3 Å². The van der Waals surface area contributed by atoms with E-state index < -0.39 is 74.9 Å². The second-order valence-electron chi connectivity index (χ2n) is 11.2. The molecule has 0 amide bonds. The fraction of sp³-hybridized carbons (Fsp3) is 0.222. The number of aromatic nitrogens is 4. The van der Waals surface area contributed by atoms with E-state index in [-0.39, 0.29) is 67.1 Å². The summed E-state index contributed by atoms with van der Waals surface area (Å²) in [4.78, 5) is 115. The molecule has 8 bridgehead atoms. The minimum Gasteiger partial charge on any atom is -0.428 e. The predicted octanol–water partition coefficient (Wildman–Crippen LogP) is 3.37. The Labute approximate surface area is 314 Å². The van der Waals surface area contributed by atoms with Gasteiger partial charge >= 0.3 is 47.8 Å². The summed E-state index contributed by atoms with van der Waals surface area (Å²) in [6.07, 6.45) is 5.37. The lowest BCUT2D eigenvalue weighted by molar-refractivity contribution is -0.150. The van der Waals surface area contributed by atoms with Crippen molar-refractivity contribution in [1.82, 2.24) is 19.9 Å². The summed E-state index contributed by atoms with van der Waals surface area (Å²) in [6, 6.07) is 5.57. The fourth-order valence-corrected chi connectivity index (χ4v) is 5.02. The first-order valence-electron chi connectivity index (χ1n) is 16.1. The average molecular weight is 775 g/mol. The van der Waals surface area contributed by atoms with Crippen LogP contribution in [0.15, 0.2) is 24.3 Å². The Morgan fingerprint density at radius 2 is 0.643 bits per heavy atom. The van der Waals surface area contributed by atoms with E-state index in [1.54, 1.807) is 0 Å². The van der Waals surface area contributed by atoms with Gasteiger partial charge in [0.05, 0.1) is 44.8 Å². The van der Waals surface area contributed by atoms with E-state index in [2.05, 4.69) is 19.9 Å². The number of carbonyl (C=O) groups is 8. The van der Waals surface area contributed by atoms with Crippen molar-refractivity contribution in [1.29, 1.82) is 0 Å². The summed E-state index contributed by atoms with van der Waals surface area (Å²) >= 11 is 0. The number of rotatable bonds is 12. The molecule has 2 aliphatic rings. The zero-order valence-electron chi connectivity index (χ0n) is 29.9. The van der Waals surface area contributed by atoms with Gasteiger partial charge in [-0.15, -0.1) is 0 Å². The summed E-state index contributed by atoms with van der Waals surface area (Å²) in [5.74, 6) is -7.15. The molecule has 0 fully saturated rings. The number of aromatic amines is 2. The van der Waals surface area contributed by atoms with Gasteiger partial charge in [0.15, 0.2) is 0 Å². The van der Waals surface area contributed by atoms with E-state index in [4.69, 9.17) is 37.9 Å². The Kier molecular flexibility index (Phi) is 12.3. The summed E-state index contributed by atoms with van der Waals surface area (Å²) < 4.78 is 39.8. The third-order valence-electron chi connectivity index (χ3n) is 7.38. The van der Waals surface area contributed by atoms with Crippen molar-refractivity contribution in [3.05, 3.63) is 69.3 Å². The molecule has 20 nitrogen and oxygen atoms in total. The zero-order chi connectivity index (χ0) is 40.5. The molecule has 3 aromatic heterocycles. The van der Waals surface area contributed by atoms with Gasteiger partial charge in [0, 0.05) is 27.7 Å². The normalized spacial score (nSPS) is 11.2. The number of nitrogens with zero attached hydrogens (tertiary/aromatic N) is 2. The molecule has 0 saturated heterocycles. The molecule has 0 unspecified atom stereocenters. The van der Waals surface area contributed by atoms with Crippen LogP contribution in [0.5, 0.6) is 0 Å². The fourth-order valence-electron chi connectivity index (χ4n) is 5.02. The lowest BCUT2D eigenvalue weighted by Crippen LogP contribution is -2.14. The number of fused-ring (bicyclic) bond motifs is 8. The van der Waals surface area contributed by atoms with Crippen LogP contribution in [0.2, 0.25) is 0 Å². The highest BCUT2D eigenvalue weighted by Crippen LogP contribution is 2.29. The van der Waals surface area contributed by atoms with Gasteiger partial charge in [0.25, 0.3) is 0 Å². The Morgan fingerprint density at radius 1 is 0.393 bits per heavy atom. The number of hydrogen-bond donors (Lipinski definition) is 2. The molecule has 0 saturated carbocycles. The number of esters is 8. The zero-order valence-corrected chi connectivity index (χ0v) is 29.9. The molecule has 20 heteroatoms. The Hall–Kier alpha value is -7.64. The van der Waals surface area contributed by atoms with E-state index in [1.165, 1.54) is 48.6 Å². The first kappa shape index (κ1) is 39.6. The molecule has 3 aromatic rings. The van der Waals surface area contributed by atoms with Crippen molar-refractivity contribution in [3.63, 3.8) is 0 Å². The Morgan fingerprint density at radius 3 is 0.946 bits per heavy atom. The van der Waals surface area contributed by atoms with Gasteiger partial charge in [0.1, 0.15) is 22.3 Å². The molecule has 290 valence electrons. The molecule has 0 atom stereocenters.